The lowest BCUT2D eigenvalue weighted by molar-refractivity contribution is 0.459. The monoisotopic (exact) mass is 652 g/mol. The molecule has 0 bridgehead atoms. The van der Waals surface area contributed by atoms with Crippen molar-refractivity contribution in [2.75, 3.05) is 6.26 Å². The Kier molecular flexibility index (Phi) is 9.12. The van der Waals surface area contributed by atoms with Gasteiger partial charge in [0.05, 0.1) is 19.6 Å². The fourth-order valence-electron chi connectivity index (χ4n) is 3.57. The van der Waals surface area contributed by atoms with Crippen molar-refractivity contribution in [2.45, 2.75) is 51.0 Å². The van der Waals surface area contributed by atoms with Crippen LogP contribution in [-0.2, 0) is 30.1 Å². The maximum atomic E-state index is 13.2. The van der Waals surface area contributed by atoms with Gasteiger partial charge in [0, 0.05) is 24.5 Å². The highest BCUT2D eigenvalue weighted by Gasteiger charge is 2.23. The maximum Gasteiger partial charge on any atom is 0.206 e. The van der Waals surface area contributed by atoms with Gasteiger partial charge in [-0.2, -0.15) is 0 Å². The first-order valence-corrected chi connectivity index (χ1v) is 18.4. The van der Waals surface area contributed by atoms with Gasteiger partial charge in [0.15, 0.2) is 0 Å². The topological polar surface area (TPSA) is 149 Å². The van der Waals surface area contributed by atoms with Crippen molar-refractivity contribution >= 4 is 65.4 Å². The largest absolute Gasteiger partial charge is 0.744 e. The highest BCUT2D eigenvalue weighted by Crippen LogP contribution is 2.37. The molecule has 0 amide bonds. The number of hydrogen-bond donors (Lipinski definition) is 0. The first-order chi connectivity index (χ1) is 18.7. The molecule has 0 spiro atoms. The summed E-state index contributed by atoms with van der Waals surface area (Å²) in [6.45, 7) is 1.34. The Labute approximate surface area is 246 Å². The summed E-state index contributed by atoms with van der Waals surface area (Å²) >= 11 is 4.17. The van der Waals surface area contributed by atoms with Crippen molar-refractivity contribution < 1.29 is 34.4 Å². The van der Waals surface area contributed by atoms with Gasteiger partial charge in [-0.1, -0.05) is 29.6 Å². The SMILES string of the molecule is CSc1ccc(Sc2ccc(Sc3ccc(S(=O)(=O)c4ccc(C)c(S(=O)(=O)[O-])c4)cc3S(=O)(=O)[O-])cc2)cc1. The molecule has 0 heterocycles. The molecule has 0 radical (unpaired) electrons. The third kappa shape index (κ3) is 7.12. The van der Waals surface area contributed by atoms with Crippen molar-refractivity contribution in [2.24, 2.45) is 0 Å². The molecular formula is C26H20O8S6-2. The van der Waals surface area contributed by atoms with Crippen molar-refractivity contribution in [3.8, 4) is 0 Å². The van der Waals surface area contributed by atoms with Crippen LogP contribution in [0.15, 0.2) is 129 Å². The quantitative estimate of drug-likeness (QED) is 0.163. The van der Waals surface area contributed by atoms with E-state index in [1.54, 1.807) is 35.7 Å². The molecule has 210 valence electrons. The minimum absolute atomic E-state index is 0.0220. The number of rotatable bonds is 9. The first kappa shape index (κ1) is 30.7. The summed E-state index contributed by atoms with van der Waals surface area (Å²) in [7, 11) is -14.5. The smallest absolute Gasteiger partial charge is 0.206 e. The molecule has 40 heavy (non-hydrogen) atoms. The molecule has 0 fully saturated rings. The molecule has 4 aromatic rings. The van der Waals surface area contributed by atoms with Crippen LogP contribution in [0.1, 0.15) is 5.56 Å². The van der Waals surface area contributed by atoms with Crippen LogP contribution in [0.5, 0.6) is 0 Å². The Balaban J connectivity index is 1.63. The van der Waals surface area contributed by atoms with Gasteiger partial charge < -0.3 is 9.11 Å². The molecule has 4 aromatic carbocycles. The van der Waals surface area contributed by atoms with Crippen LogP contribution in [0.2, 0.25) is 0 Å². The van der Waals surface area contributed by atoms with Gasteiger partial charge >= 0.3 is 0 Å². The second-order valence-electron chi connectivity index (χ2n) is 8.30. The molecule has 0 unspecified atom stereocenters. The van der Waals surface area contributed by atoms with E-state index >= 15 is 0 Å². The lowest BCUT2D eigenvalue weighted by Crippen LogP contribution is -2.08. The van der Waals surface area contributed by atoms with Crippen LogP contribution in [0.25, 0.3) is 0 Å². The van der Waals surface area contributed by atoms with E-state index in [1.807, 2.05) is 42.7 Å². The average Bonchev–Trinajstić information content (AvgIpc) is 2.89. The normalized spacial score (nSPS) is 12.4. The molecule has 8 nitrogen and oxygen atoms in total. The Morgan fingerprint density at radius 2 is 0.975 bits per heavy atom. The number of hydrogen-bond acceptors (Lipinski definition) is 11. The van der Waals surface area contributed by atoms with E-state index in [0.717, 1.165) is 56.8 Å². The second kappa shape index (κ2) is 11.9. The molecule has 0 aliphatic carbocycles. The zero-order chi connectivity index (χ0) is 29.3. The molecule has 14 heteroatoms. The molecule has 0 N–H and O–H groups in total. The van der Waals surface area contributed by atoms with Crippen molar-refractivity contribution in [3.63, 3.8) is 0 Å². The highest BCUT2D eigenvalue weighted by molar-refractivity contribution is 8.00. The highest BCUT2D eigenvalue weighted by atomic mass is 32.2. The van der Waals surface area contributed by atoms with Gasteiger partial charge in [-0.3, -0.25) is 0 Å². The third-order valence-corrected chi connectivity index (χ3v) is 12.2. The summed E-state index contributed by atoms with van der Waals surface area (Å²) < 4.78 is 97.3. The summed E-state index contributed by atoms with van der Waals surface area (Å²) in [5.74, 6) is 0. The molecule has 0 atom stereocenters. The Morgan fingerprint density at radius 3 is 1.45 bits per heavy atom. The summed E-state index contributed by atoms with van der Waals surface area (Å²) in [6, 6.07) is 21.3. The van der Waals surface area contributed by atoms with Crippen LogP contribution >= 0.6 is 35.3 Å². The molecule has 4 rings (SSSR count). The van der Waals surface area contributed by atoms with E-state index in [1.165, 1.54) is 13.0 Å². The summed E-state index contributed by atoms with van der Waals surface area (Å²) in [6.07, 6.45) is 2.00. The summed E-state index contributed by atoms with van der Waals surface area (Å²) in [4.78, 5) is 1.26. The predicted octanol–water partition coefficient (Wildman–Crippen LogP) is 5.66. The minimum atomic E-state index is -5.10. The summed E-state index contributed by atoms with van der Waals surface area (Å²) in [5.41, 5.74) is 0.0569. The Bertz CT molecular complexity index is 1880. The lowest BCUT2D eigenvalue weighted by Gasteiger charge is -2.16. The van der Waals surface area contributed by atoms with Gasteiger partial charge in [0.2, 0.25) is 9.84 Å². The molecule has 0 aromatic heterocycles. The molecular weight excluding hydrogens is 633 g/mol. The van der Waals surface area contributed by atoms with E-state index in [-0.39, 0.29) is 10.5 Å². The van der Waals surface area contributed by atoms with Gasteiger partial charge in [0.25, 0.3) is 0 Å². The molecule has 0 aliphatic rings. The van der Waals surface area contributed by atoms with Crippen LogP contribution < -0.4 is 0 Å². The van der Waals surface area contributed by atoms with Gasteiger partial charge in [0.1, 0.15) is 20.2 Å². The van der Waals surface area contributed by atoms with Crippen molar-refractivity contribution in [1.82, 2.24) is 0 Å². The van der Waals surface area contributed by atoms with Gasteiger partial charge in [-0.25, -0.2) is 25.3 Å². The van der Waals surface area contributed by atoms with Crippen molar-refractivity contribution in [1.29, 1.82) is 0 Å². The first-order valence-electron chi connectivity index (χ1n) is 11.2. The number of thioether (sulfide) groups is 1. The van der Waals surface area contributed by atoms with E-state index in [2.05, 4.69) is 0 Å². The van der Waals surface area contributed by atoms with Crippen molar-refractivity contribution in [3.05, 3.63) is 90.5 Å². The predicted molar refractivity (Wildman–Crippen MR) is 152 cm³/mol. The zero-order valence-corrected chi connectivity index (χ0v) is 25.7. The third-order valence-electron chi connectivity index (χ3n) is 5.58. The number of aryl methyl sites for hydroxylation is 1. The average molecular weight is 653 g/mol. The number of sulfone groups is 1. The van der Waals surface area contributed by atoms with Crippen LogP contribution in [0, 0.1) is 6.92 Å². The molecule has 0 saturated heterocycles. The number of benzene rings is 4. The van der Waals surface area contributed by atoms with Crippen LogP contribution in [0.4, 0.5) is 0 Å². The van der Waals surface area contributed by atoms with Gasteiger partial charge in [-0.15, -0.1) is 11.8 Å². The van der Waals surface area contributed by atoms with E-state index < -0.39 is 49.7 Å². The molecule has 0 aliphatic heterocycles. The van der Waals surface area contributed by atoms with Gasteiger partial charge in [-0.05, 0) is 97.6 Å². The Morgan fingerprint density at radius 1 is 0.550 bits per heavy atom. The van der Waals surface area contributed by atoms with E-state index in [9.17, 15) is 34.4 Å². The second-order valence-corrected chi connectivity index (χ2v) is 16.1. The minimum Gasteiger partial charge on any atom is -0.744 e. The fraction of sp³-hybridized carbons (Fsp3) is 0.0769. The summed E-state index contributed by atoms with van der Waals surface area (Å²) in [5, 5.41) is 0. The maximum absolute atomic E-state index is 13.2. The van der Waals surface area contributed by atoms with E-state index in [0.29, 0.717) is 4.90 Å². The zero-order valence-electron chi connectivity index (χ0n) is 20.8. The fourth-order valence-corrected chi connectivity index (χ4v) is 8.83. The standard InChI is InChI=1S/C26H22O8S6/c1-17-3-12-22(15-25(17)39(29,30)31)38(27,28)23-13-14-24(26(16-23)40(32,33)34)37-21-10-8-20(9-11-21)36-19-6-4-18(35-2)5-7-19/h3-16H,1-2H3,(H,29,30,31)(H,32,33,34)/p-2. The van der Waals surface area contributed by atoms with E-state index in [4.69, 9.17) is 0 Å². The van der Waals surface area contributed by atoms with Crippen LogP contribution in [0.3, 0.4) is 0 Å². The van der Waals surface area contributed by atoms with Crippen LogP contribution in [-0.4, -0.2) is 40.6 Å². The Hall–Kier alpha value is -2.30. The lowest BCUT2D eigenvalue weighted by atomic mass is 10.2. The molecule has 0 saturated carbocycles.